The Kier molecular flexibility index (Phi) is 16.4. The third-order valence-electron chi connectivity index (χ3n) is 5.57. The highest BCUT2D eigenvalue weighted by molar-refractivity contribution is 7.91. The van der Waals surface area contributed by atoms with Crippen LogP contribution in [0.3, 0.4) is 0 Å². The van der Waals surface area contributed by atoms with Gasteiger partial charge in [-0.3, -0.25) is 9.59 Å². The zero-order chi connectivity index (χ0) is 26.2. The van der Waals surface area contributed by atoms with E-state index in [1.54, 1.807) is 6.92 Å². The second kappa shape index (κ2) is 17.1. The minimum absolute atomic E-state index is 0.261. The molecule has 2 atom stereocenters. The van der Waals surface area contributed by atoms with Crippen LogP contribution in [0.15, 0.2) is 11.8 Å². The van der Waals surface area contributed by atoms with Gasteiger partial charge in [0.05, 0.1) is 11.4 Å². The molecule has 0 saturated heterocycles. The normalized spacial score (nSPS) is 14.5. The van der Waals surface area contributed by atoms with Gasteiger partial charge in [0.15, 0.2) is 0 Å². The maximum atomic E-state index is 12.1. The first kappa shape index (κ1) is 32.6. The number of amides is 1. The van der Waals surface area contributed by atoms with Gasteiger partial charge in [-0.05, 0) is 66.2 Å². The van der Waals surface area contributed by atoms with Gasteiger partial charge in [-0.25, -0.2) is 8.42 Å². The minimum Gasteiger partial charge on any atom is -0.431 e. The second-order valence-corrected chi connectivity index (χ2v) is 12.8. The van der Waals surface area contributed by atoms with E-state index in [0.717, 1.165) is 51.4 Å². The number of sulfone groups is 1. The zero-order valence-corrected chi connectivity index (χ0v) is 23.1. The molecule has 0 bridgehead atoms. The molecule has 0 aliphatic heterocycles. The molecule has 1 amide bonds. The van der Waals surface area contributed by atoms with E-state index in [9.17, 15) is 23.1 Å². The number of aliphatic hydroxyl groups is 1. The molecular formula is C26H49NO6S. The molecule has 200 valence electrons. The molecule has 0 radical (unpaired) electrons. The van der Waals surface area contributed by atoms with Gasteiger partial charge in [-0.2, -0.15) is 0 Å². The smallest absolute Gasteiger partial charge is 0.310 e. The predicted octanol–water partition coefficient (Wildman–Crippen LogP) is 5.21. The van der Waals surface area contributed by atoms with Gasteiger partial charge in [-0.15, -0.1) is 0 Å². The quantitative estimate of drug-likeness (QED) is 0.115. The molecule has 0 fully saturated rings. The summed E-state index contributed by atoms with van der Waals surface area (Å²) in [5.41, 5.74) is -0.358. The van der Waals surface area contributed by atoms with Crippen molar-refractivity contribution in [3.8, 4) is 0 Å². The fraction of sp³-hybridized carbons (Fsp3) is 0.846. The van der Waals surface area contributed by atoms with Crippen LogP contribution in [-0.4, -0.2) is 48.5 Å². The molecule has 2 N–H and O–H groups in total. The Morgan fingerprint density at radius 1 is 0.941 bits per heavy atom. The monoisotopic (exact) mass is 503 g/mol. The minimum atomic E-state index is -3.12. The Morgan fingerprint density at radius 3 is 2.09 bits per heavy atom. The van der Waals surface area contributed by atoms with E-state index in [1.807, 2.05) is 20.8 Å². The summed E-state index contributed by atoms with van der Waals surface area (Å²) in [6.07, 6.45) is 12.2. The summed E-state index contributed by atoms with van der Waals surface area (Å²) in [5.74, 6) is -0.411. The van der Waals surface area contributed by atoms with E-state index in [4.69, 9.17) is 4.74 Å². The van der Waals surface area contributed by atoms with Crippen LogP contribution in [0.1, 0.15) is 118 Å². The van der Waals surface area contributed by atoms with Crippen molar-refractivity contribution in [1.82, 2.24) is 5.32 Å². The first-order valence-corrected chi connectivity index (χ1v) is 14.8. The lowest BCUT2D eigenvalue weighted by Crippen LogP contribution is -2.39. The molecule has 7 nitrogen and oxygen atoms in total. The number of allylic oxidation sites excluding steroid dienone is 1. The maximum Gasteiger partial charge on any atom is 0.310 e. The second-order valence-electron chi connectivity index (χ2n) is 10.5. The number of aliphatic hydroxyl groups excluding tert-OH is 1. The number of nitrogens with one attached hydrogen (secondary N) is 1. The third-order valence-corrected chi connectivity index (χ3v) is 7.26. The van der Waals surface area contributed by atoms with Crippen LogP contribution < -0.4 is 5.32 Å². The molecule has 8 heteroatoms. The van der Waals surface area contributed by atoms with Crippen molar-refractivity contribution in [2.24, 2.45) is 0 Å². The number of rotatable bonds is 18. The maximum absolute atomic E-state index is 12.1. The van der Waals surface area contributed by atoms with E-state index >= 15 is 0 Å². The fourth-order valence-corrected chi connectivity index (χ4v) is 4.96. The Morgan fingerprint density at radius 2 is 1.50 bits per heavy atom. The van der Waals surface area contributed by atoms with Gasteiger partial charge >= 0.3 is 5.97 Å². The van der Waals surface area contributed by atoms with Crippen LogP contribution in [0.2, 0.25) is 0 Å². The van der Waals surface area contributed by atoms with Gasteiger partial charge in [0, 0.05) is 24.3 Å². The first-order chi connectivity index (χ1) is 15.7. The summed E-state index contributed by atoms with van der Waals surface area (Å²) in [6.45, 7) is 9.33. The van der Waals surface area contributed by atoms with Crippen molar-refractivity contribution in [2.45, 2.75) is 135 Å². The molecule has 0 aliphatic rings. The van der Waals surface area contributed by atoms with Crippen molar-refractivity contribution in [3.63, 3.8) is 0 Å². The van der Waals surface area contributed by atoms with Crippen molar-refractivity contribution in [2.75, 3.05) is 6.26 Å². The summed E-state index contributed by atoms with van der Waals surface area (Å²) in [5, 5.41) is 12.4. The molecule has 0 aromatic rings. The molecule has 0 spiro atoms. The van der Waals surface area contributed by atoms with Gasteiger partial charge in [0.1, 0.15) is 15.6 Å². The van der Waals surface area contributed by atoms with Crippen LogP contribution in [0.5, 0.6) is 0 Å². The van der Waals surface area contributed by atoms with Gasteiger partial charge in [-0.1, -0.05) is 45.4 Å². The van der Waals surface area contributed by atoms with E-state index in [1.165, 1.54) is 12.3 Å². The Hall–Kier alpha value is -1.41. The standard InChI is InChI=1S/C26H49NO6S/c1-7-8-11-15-22(28)16-14-18-23(34(6,31)32)17-12-9-10-13-19-25(30)33-21(2)20-24(29)27-26(3,4)5/h20,22-23,28H,7-19H2,1-6H3,(H,27,29). The van der Waals surface area contributed by atoms with Gasteiger partial charge in [0.2, 0.25) is 5.91 Å². The summed E-state index contributed by atoms with van der Waals surface area (Å²) in [6, 6.07) is 0. The van der Waals surface area contributed by atoms with Crippen molar-refractivity contribution >= 4 is 21.7 Å². The summed E-state index contributed by atoms with van der Waals surface area (Å²) >= 11 is 0. The molecule has 0 rings (SSSR count). The van der Waals surface area contributed by atoms with Crippen LogP contribution in [0.4, 0.5) is 0 Å². The number of hydrogen-bond donors (Lipinski definition) is 2. The van der Waals surface area contributed by atoms with E-state index in [0.29, 0.717) is 25.7 Å². The highest BCUT2D eigenvalue weighted by atomic mass is 32.2. The topological polar surface area (TPSA) is 110 Å². The molecule has 34 heavy (non-hydrogen) atoms. The lowest BCUT2D eigenvalue weighted by atomic mass is 10.0. The lowest BCUT2D eigenvalue weighted by molar-refractivity contribution is -0.139. The summed E-state index contributed by atoms with van der Waals surface area (Å²) in [7, 11) is -3.12. The number of carbonyl (C=O) groups excluding carboxylic acids is 2. The van der Waals surface area contributed by atoms with Gasteiger partial charge in [0.25, 0.3) is 0 Å². The average molecular weight is 504 g/mol. The van der Waals surface area contributed by atoms with E-state index < -0.39 is 9.84 Å². The Bertz CT molecular complexity index is 724. The number of carbonyl (C=O) groups is 2. The molecule has 0 aliphatic carbocycles. The first-order valence-electron chi connectivity index (χ1n) is 12.8. The lowest BCUT2D eigenvalue weighted by Gasteiger charge is -2.19. The van der Waals surface area contributed by atoms with Crippen LogP contribution in [0.25, 0.3) is 0 Å². The van der Waals surface area contributed by atoms with Crippen LogP contribution >= 0.6 is 0 Å². The predicted molar refractivity (Wildman–Crippen MR) is 138 cm³/mol. The van der Waals surface area contributed by atoms with Crippen LogP contribution in [-0.2, 0) is 24.2 Å². The Labute approximate surface area is 208 Å². The molecule has 0 aromatic carbocycles. The van der Waals surface area contributed by atoms with E-state index in [2.05, 4.69) is 12.2 Å². The summed E-state index contributed by atoms with van der Waals surface area (Å²) < 4.78 is 29.4. The van der Waals surface area contributed by atoms with Crippen molar-refractivity contribution in [1.29, 1.82) is 0 Å². The fourth-order valence-electron chi connectivity index (χ4n) is 3.77. The highest BCUT2D eigenvalue weighted by Gasteiger charge is 2.20. The zero-order valence-electron chi connectivity index (χ0n) is 22.3. The van der Waals surface area contributed by atoms with Crippen molar-refractivity contribution in [3.05, 3.63) is 11.8 Å². The number of ether oxygens (including phenoxy) is 1. The SMILES string of the molecule is CCCCCC(O)CCCC(CCCCCCC(=O)OC(C)=CC(=O)NC(C)(C)C)S(C)(=O)=O. The van der Waals surface area contributed by atoms with Gasteiger partial charge < -0.3 is 15.2 Å². The highest BCUT2D eigenvalue weighted by Crippen LogP contribution is 2.19. The van der Waals surface area contributed by atoms with E-state index in [-0.39, 0.29) is 40.9 Å². The molecular weight excluding hydrogens is 454 g/mol. The van der Waals surface area contributed by atoms with Crippen LogP contribution in [0, 0.1) is 0 Å². The van der Waals surface area contributed by atoms with Crippen molar-refractivity contribution < 1.29 is 27.9 Å². The average Bonchev–Trinajstić information content (AvgIpc) is 2.66. The Balaban J connectivity index is 4.16. The summed E-state index contributed by atoms with van der Waals surface area (Å²) in [4.78, 5) is 23.8. The number of esters is 1. The molecule has 0 saturated carbocycles. The molecule has 0 heterocycles. The molecule has 2 unspecified atom stereocenters. The number of unbranched alkanes of at least 4 members (excludes halogenated alkanes) is 5. The third kappa shape index (κ3) is 19.0. The molecule has 0 aromatic heterocycles. The largest absolute Gasteiger partial charge is 0.431 e. The number of hydrogen-bond acceptors (Lipinski definition) is 6.